The van der Waals surface area contributed by atoms with Gasteiger partial charge in [-0.2, -0.15) is 0 Å². The summed E-state index contributed by atoms with van der Waals surface area (Å²) < 4.78 is 36.6. The molecule has 5 fully saturated rings. The minimum Gasteiger partial charge on any atom is -0.481 e. The van der Waals surface area contributed by atoms with Crippen LogP contribution in [-0.2, 0) is 33.2 Å². The summed E-state index contributed by atoms with van der Waals surface area (Å²) in [7, 11) is 0. The van der Waals surface area contributed by atoms with Crippen LogP contribution in [0.4, 0.5) is 0 Å². The van der Waals surface area contributed by atoms with Crippen molar-refractivity contribution < 1.29 is 84.3 Å². The van der Waals surface area contributed by atoms with Gasteiger partial charge in [0.1, 0.15) is 61.0 Å². The molecular weight excluding hydrogens is 849 g/mol. The third-order valence-electron chi connectivity index (χ3n) is 18.5. The van der Waals surface area contributed by atoms with Gasteiger partial charge in [-0.1, -0.05) is 66.5 Å². The second-order valence-electron chi connectivity index (χ2n) is 23.2. The van der Waals surface area contributed by atoms with Crippen LogP contribution in [-0.4, -0.2) is 168 Å². The van der Waals surface area contributed by atoms with E-state index in [-0.39, 0.29) is 41.8 Å². The number of aliphatic hydroxyl groups is 9. The number of allylic oxidation sites excluding steroid dienone is 1. The van der Waals surface area contributed by atoms with E-state index in [0.29, 0.717) is 32.1 Å². The highest BCUT2D eigenvalue weighted by molar-refractivity contribution is 5.82. The smallest absolute Gasteiger partial charge is 0.314 e. The summed E-state index contributed by atoms with van der Waals surface area (Å²) in [5.74, 6) is -0.253. The van der Waals surface area contributed by atoms with Crippen molar-refractivity contribution in [1.29, 1.82) is 0 Å². The number of aliphatic hydroxyl groups excluding tert-OH is 8. The number of hydrogen-bond donors (Lipinski definition) is 10. The molecule has 4 aliphatic carbocycles. The topological polar surface area (TPSA) is 275 Å². The van der Waals surface area contributed by atoms with Gasteiger partial charge in [-0.3, -0.25) is 4.79 Å². The van der Waals surface area contributed by atoms with Crippen molar-refractivity contribution in [3.05, 3.63) is 11.1 Å². The normalized spacial score (nSPS) is 48.2. The molecule has 374 valence electrons. The monoisotopic (exact) mass is 929 g/mol. The fourth-order valence-corrected chi connectivity index (χ4v) is 13.8. The number of carboxylic acid groups (broad SMARTS) is 1. The number of hydrogen-bond acceptors (Lipinski definition) is 16. The van der Waals surface area contributed by atoms with E-state index in [1.165, 1.54) is 5.57 Å². The van der Waals surface area contributed by atoms with E-state index >= 15 is 0 Å². The van der Waals surface area contributed by atoms with Crippen LogP contribution >= 0.6 is 0 Å². The third kappa shape index (κ3) is 8.59. The molecule has 65 heavy (non-hydrogen) atoms. The van der Waals surface area contributed by atoms with Gasteiger partial charge >= 0.3 is 5.97 Å². The Morgan fingerprint density at radius 2 is 1.37 bits per heavy atom. The zero-order chi connectivity index (χ0) is 48.0. The largest absolute Gasteiger partial charge is 0.481 e. The van der Waals surface area contributed by atoms with Crippen LogP contribution in [0.15, 0.2) is 11.1 Å². The average molecular weight is 929 g/mol. The summed E-state index contributed by atoms with van der Waals surface area (Å²) in [5, 5.41) is 107. The van der Waals surface area contributed by atoms with Crippen LogP contribution in [0.5, 0.6) is 0 Å². The second-order valence-corrected chi connectivity index (χ2v) is 23.2. The van der Waals surface area contributed by atoms with Gasteiger partial charge in [0.05, 0.1) is 36.9 Å². The predicted octanol–water partition coefficient (Wildman–Crippen LogP) is 2.13. The maximum atomic E-state index is 13.9. The first-order chi connectivity index (χ1) is 30.2. The molecule has 0 aromatic heterocycles. The Morgan fingerprint density at radius 3 is 2.02 bits per heavy atom. The van der Waals surface area contributed by atoms with Crippen molar-refractivity contribution in [3.8, 4) is 0 Å². The zero-order valence-corrected chi connectivity index (χ0v) is 39.8. The Morgan fingerprint density at radius 1 is 0.738 bits per heavy atom. The van der Waals surface area contributed by atoms with Gasteiger partial charge in [0, 0.05) is 0 Å². The fourth-order valence-electron chi connectivity index (χ4n) is 13.8. The molecule has 10 N–H and O–H groups in total. The molecule has 2 saturated carbocycles. The average Bonchev–Trinajstić information content (AvgIpc) is 3.57. The van der Waals surface area contributed by atoms with Crippen molar-refractivity contribution in [2.24, 2.45) is 44.8 Å². The van der Waals surface area contributed by atoms with Crippen LogP contribution in [0, 0.1) is 44.8 Å². The van der Waals surface area contributed by atoms with Gasteiger partial charge in [0.2, 0.25) is 0 Å². The van der Waals surface area contributed by atoms with Crippen LogP contribution < -0.4 is 0 Å². The van der Waals surface area contributed by atoms with E-state index in [0.717, 1.165) is 37.7 Å². The summed E-state index contributed by atoms with van der Waals surface area (Å²) >= 11 is 0. The molecule has 17 nitrogen and oxygen atoms in total. The highest BCUT2D eigenvalue weighted by Crippen LogP contribution is 2.73. The predicted molar refractivity (Wildman–Crippen MR) is 231 cm³/mol. The second kappa shape index (κ2) is 18.4. The van der Waals surface area contributed by atoms with Crippen molar-refractivity contribution in [1.82, 2.24) is 0 Å². The number of rotatable bonds is 12. The quantitative estimate of drug-likeness (QED) is 0.126. The summed E-state index contributed by atoms with van der Waals surface area (Å²) in [4.78, 5) is 13.9. The maximum absolute atomic E-state index is 13.9. The molecule has 7 aliphatic rings. The standard InChI is InChI=1S/C48H80O17/c1-23(12-18-47(9,59)43(2,3)4)24-14-19-48(42(57)58)26-10-11-30-44(5,6)31(15-16-45(30,7)25(26)13-17-46(24,48)8)63-41-38(65-40-36(56)34(54)33(53)29(20-49)62-40)37(28(51)22-61-41)64-39-35(55)32(52)27(50)21-60-39/h23-24,27-41,49-56,59H,10-22H2,1-9H3,(H,57,58)/t23-,24-,27-,28+,29-,30+,31+,32+,33+,34+,35-,36-,37+,38-,39+,40+,41+,45-,46-,47-,48+/m1/s1. The SMILES string of the molecule is C[C@H](CC[C@@](C)(O)C(C)(C)C)[C@H]1CC[C@@]2(C(=O)O)C3=C(CC[C@]12C)[C@@]1(C)CC[C@H](O[C@@H]2OC[C@H](O)[C@H](O[C@@H]4OC[C@@H](O)[C@H](O)[C@H]4O)[C@H]2O[C@@H]2O[C@H](CO)[C@H](O)[C@H](O)[C@H]2O)C(C)(C)[C@@H]1CC3. The first-order valence-electron chi connectivity index (χ1n) is 24.1. The molecule has 0 aromatic carbocycles. The molecule has 0 unspecified atom stereocenters. The maximum Gasteiger partial charge on any atom is 0.314 e. The minimum atomic E-state index is -1.83. The number of carboxylic acids is 1. The van der Waals surface area contributed by atoms with Gasteiger partial charge in [-0.25, -0.2) is 0 Å². The first kappa shape index (κ1) is 51.5. The molecule has 3 aliphatic heterocycles. The van der Waals surface area contributed by atoms with Crippen LogP contribution in [0.25, 0.3) is 0 Å². The van der Waals surface area contributed by atoms with Crippen molar-refractivity contribution >= 4 is 5.97 Å². The van der Waals surface area contributed by atoms with E-state index in [1.807, 2.05) is 6.92 Å². The third-order valence-corrected chi connectivity index (χ3v) is 18.5. The van der Waals surface area contributed by atoms with E-state index in [1.54, 1.807) is 0 Å². The fraction of sp³-hybridized carbons (Fsp3) is 0.938. The summed E-state index contributed by atoms with van der Waals surface area (Å²) in [6, 6.07) is 0. The van der Waals surface area contributed by atoms with Gasteiger partial charge in [0.25, 0.3) is 0 Å². The molecule has 0 amide bonds. The number of ether oxygens (including phenoxy) is 6. The van der Waals surface area contributed by atoms with E-state index in [9.17, 15) is 55.9 Å². The molecule has 7 rings (SSSR count). The molecule has 21 atom stereocenters. The molecule has 0 radical (unpaired) electrons. The van der Waals surface area contributed by atoms with Crippen molar-refractivity contribution in [2.75, 3.05) is 19.8 Å². The summed E-state index contributed by atoms with van der Waals surface area (Å²) in [6.07, 6.45) is -13.7. The van der Waals surface area contributed by atoms with E-state index < -0.39 is 120 Å². The summed E-state index contributed by atoms with van der Waals surface area (Å²) in [5.41, 5.74) is -1.08. The number of fused-ring (bicyclic) bond motifs is 4. The molecule has 17 heteroatoms. The molecule has 0 bridgehead atoms. The Labute approximate surface area is 383 Å². The van der Waals surface area contributed by atoms with Gasteiger partial charge in [0.15, 0.2) is 18.9 Å². The lowest BCUT2D eigenvalue weighted by Gasteiger charge is -2.62. The highest BCUT2D eigenvalue weighted by atomic mass is 16.8. The van der Waals surface area contributed by atoms with Crippen LogP contribution in [0.2, 0.25) is 0 Å². The minimum absolute atomic E-state index is 0.0585. The van der Waals surface area contributed by atoms with Crippen molar-refractivity contribution in [2.45, 2.75) is 218 Å². The number of carbonyl (C=O) groups is 1. The molecule has 0 aromatic rings. The zero-order valence-electron chi connectivity index (χ0n) is 39.8. The molecule has 3 saturated heterocycles. The molecular formula is C48H80O17. The Balaban J connectivity index is 1.15. The lowest BCUT2D eigenvalue weighted by Crippen LogP contribution is -2.65. The first-order valence-corrected chi connectivity index (χ1v) is 24.1. The van der Waals surface area contributed by atoms with E-state index in [2.05, 4.69) is 55.4 Å². The van der Waals surface area contributed by atoms with Gasteiger partial charge in [-0.05, 0) is 111 Å². The van der Waals surface area contributed by atoms with Crippen LogP contribution in [0.3, 0.4) is 0 Å². The number of aliphatic carboxylic acids is 1. The van der Waals surface area contributed by atoms with Gasteiger partial charge in [-0.15, -0.1) is 0 Å². The van der Waals surface area contributed by atoms with E-state index in [4.69, 9.17) is 28.4 Å². The van der Waals surface area contributed by atoms with Crippen LogP contribution in [0.1, 0.15) is 127 Å². The Hall–Kier alpha value is -1.39. The lowest BCUT2D eigenvalue weighted by atomic mass is 9.43. The van der Waals surface area contributed by atoms with Crippen molar-refractivity contribution in [3.63, 3.8) is 0 Å². The highest BCUT2D eigenvalue weighted by Gasteiger charge is 2.69. The van der Waals surface area contributed by atoms with Gasteiger partial charge < -0.3 is 79.5 Å². The molecule has 3 heterocycles. The molecule has 0 spiro atoms. The Bertz CT molecular complexity index is 1730. The lowest BCUT2D eigenvalue weighted by molar-refractivity contribution is -0.384. The summed E-state index contributed by atoms with van der Waals surface area (Å²) in [6.45, 7) is 17.7. The Kier molecular flexibility index (Phi) is 14.6.